The zero-order valence-corrected chi connectivity index (χ0v) is 24.6. The van der Waals surface area contributed by atoms with E-state index >= 15 is 0 Å². The van der Waals surface area contributed by atoms with Gasteiger partial charge < -0.3 is 25.1 Å². The van der Waals surface area contributed by atoms with E-state index in [0.717, 1.165) is 0 Å². The maximum Gasteiger partial charge on any atom is 0.317 e. The Morgan fingerprint density at radius 2 is 2.02 bits per heavy atom. The first-order valence-electron chi connectivity index (χ1n) is 13.9. The first-order chi connectivity index (χ1) is 19.7. The molecule has 4 N–H and O–H groups in total. The molecule has 42 heavy (non-hydrogen) atoms. The summed E-state index contributed by atoms with van der Waals surface area (Å²) in [5, 5.41) is 2.14. The lowest BCUT2D eigenvalue weighted by Gasteiger charge is -2.33. The van der Waals surface area contributed by atoms with Gasteiger partial charge in [-0.05, 0) is 42.9 Å². The molecule has 226 valence electrons. The zero-order chi connectivity index (χ0) is 30.4. The molecule has 2 aliphatic carbocycles. The van der Waals surface area contributed by atoms with E-state index in [4.69, 9.17) is 14.9 Å². The van der Waals surface area contributed by atoms with Crippen LogP contribution in [-0.2, 0) is 24.4 Å². The number of nitrogens with zero attached hydrogens (tertiary/aromatic N) is 3. The highest BCUT2D eigenvalue weighted by molar-refractivity contribution is 7.91. The van der Waals surface area contributed by atoms with Crippen molar-refractivity contribution in [3.05, 3.63) is 43.3 Å². The monoisotopic (exact) mass is 600 g/mol. The molecule has 2 aromatic rings. The van der Waals surface area contributed by atoms with Crippen LogP contribution >= 0.6 is 0 Å². The number of carbonyl (C=O) groups excluding carboxylic acids is 3. The fourth-order valence-corrected chi connectivity index (χ4v) is 6.42. The van der Waals surface area contributed by atoms with Gasteiger partial charge in [0.1, 0.15) is 23.4 Å². The molecule has 3 heterocycles. The fourth-order valence-electron chi connectivity index (χ4n) is 5.05. The second-order valence-corrected chi connectivity index (χ2v) is 14.2. The Morgan fingerprint density at radius 1 is 1.29 bits per heavy atom. The van der Waals surface area contributed by atoms with E-state index in [-0.39, 0.29) is 25.4 Å². The number of nitrogens with two attached hydrogens (primary N) is 1. The van der Waals surface area contributed by atoms with Crippen molar-refractivity contribution in [3.63, 3.8) is 0 Å². The molecule has 5 atom stereocenters. The van der Waals surface area contributed by atoms with Gasteiger partial charge in [0.15, 0.2) is 5.76 Å². The summed E-state index contributed by atoms with van der Waals surface area (Å²) < 4.78 is 38.5. The standard InChI is InChI=1S/C28H36N6O7S/c1-5-16-14-28(16,25(37)33-42(38,39)18-8-9-18)32-23(35)20-13-17(15-34(20)24(36)22(29)27(2,3)4)41-26-30-11-10-19(31-26)21-7-6-12-40-21/h5-7,10-12,16-18,20,22H,1,8-9,13-15,29H2,2-4H3,(H,32,35)(H,33,37)/t16?,17-,20+,22-,28-/m1/s1. The van der Waals surface area contributed by atoms with Gasteiger partial charge in [-0.25, -0.2) is 13.4 Å². The Morgan fingerprint density at radius 3 is 2.62 bits per heavy atom. The highest BCUT2D eigenvalue weighted by Gasteiger charge is 2.62. The van der Waals surface area contributed by atoms with Gasteiger partial charge in [-0.15, -0.1) is 6.58 Å². The molecule has 2 saturated carbocycles. The van der Waals surface area contributed by atoms with E-state index < -0.39 is 68.1 Å². The van der Waals surface area contributed by atoms with E-state index in [9.17, 15) is 22.8 Å². The molecule has 1 unspecified atom stereocenters. The van der Waals surface area contributed by atoms with Gasteiger partial charge in [0.05, 0.1) is 24.1 Å². The van der Waals surface area contributed by atoms with Crippen molar-refractivity contribution in [1.29, 1.82) is 0 Å². The number of sulfonamides is 1. The van der Waals surface area contributed by atoms with E-state index in [1.165, 1.54) is 23.4 Å². The van der Waals surface area contributed by atoms with E-state index in [1.807, 2.05) is 20.8 Å². The lowest BCUT2D eigenvalue weighted by molar-refractivity contribution is -0.142. The summed E-state index contributed by atoms with van der Waals surface area (Å²) in [5.74, 6) is -1.84. The van der Waals surface area contributed by atoms with Crippen molar-refractivity contribution in [1.82, 2.24) is 24.9 Å². The fraction of sp³-hybridized carbons (Fsp3) is 0.536. The minimum absolute atomic E-state index is 0.0230. The van der Waals surface area contributed by atoms with Crippen molar-refractivity contribution >= 4 is 27.7 Å². The smallest absolute Gasteiger partial charge is 0.317 e. The van der Waals surface area contributed by atoms with Crippen molar-refractivity contribution in [2.24, 2.45) is 17.1 Å². The van der Waals surface area contributed by atoms with Crippen LogP contribution in [-0.4, -0.2) is 76.5 Å². The van der Waals surface area contributed by atoms with Crippen LogP contribution in [0.15, 0.2) is 47.7 Å². The first kappa shape index (κ1) is 29.7. The number of rotatable bonds is 10. The summed E-state index contributed by atoms with van der Waals surface area (Å²) in [6.07, 6.45) is 5.09. The third kappa shape index (κ3) is 5.91. The van der Waals surface area contributed by atoms with Gasteiger partial charge in [0, 0.05) is 18.5 Å². The van der Waals surface area contributed by atoms with Crippen LogP contribution in [0.4, 0.5) is 0 Å². The topological polar surface area (TPSA) is 187 Å². The normalized spacial score (nSPS) is 26.3. The van der Waals surface area contributed by atoms with E-state index in [0.29, 0.717) is 24.3 Å². The summed E-state index contributed by atoms with van der Waals surface area (Å²) in [5.41, 5.74) is 4.72. The number of hydrogen-bond donors (Lipinski definition) is 3. The number of ether oxygens (including phenoxy) is 1. The minimum atomic E-state index is -3.84. The number of hydrogen-bond acceptors (Lipinski definition) is 10. The number of aromatic nitrogens is 2. The van der Waals surface area contributed by atoms with Crippen LogP contribution in [0.2, 0.25) is 0 Å². The molecule has 2 aromatic heterocycles. The molecule has 14 heteroatoms. The summed E-state index contributed by atoms with van der Waals surface area (Å²) in [6.45, 7) is 9.21. The lowest BCUT2D eigenvalue weighted by Crippen LogP contribution is -2.59. The number of carbonyl (C=O) groups is 3. The number of likely N-dealkylation sites (tertiary alicyclic amines) is 1. The number of amides is 3. The summed E-state index contributed by atoms with van der Waals surface area (Å²) >= 11 is 0. The number of nitrogens with one attached hydrogen (secondary N) is 2. The Kier molecular flexibility index (Phi) is 7.64. The van der Waals surface area contributed by atoms with Crippen LogP contribution in [0, 0.1) is 11.3 Å². The average molecular weight is 601 g/mol. The molecular formula is C28H36N6O7S. The summed E-state index contributed by atoms with van der Waals surface area (Å²) in [7, 11) is -3.84. The maximum atomic E-state index is 13.8. The van der Waals surface area contributed by atoms with Crippen LogP contribution in [0.25, 0.3) is 11.5 Å². The predicted molar refractivity (Wildman–Crippen MR) is 151 cm³/mol. The third-order valence-corrected chi connectivity index (χ3v) is 9.79. The highest BCUT2D eigenvalue weighted by atomic mass is 32.2. The summed E-state index contributed by atoms with van der Waals surface area (Å²) in [6, 6.07) is 3.21. The second kappa shape index (κ2) is 10.8. The Balaban J connectivity index is 1.36. The minimum Gasteiger partial charge on any atom is -0.463 e. The Hall–Kier alpha value is -3.78. The van der Waals surface area contributed by atoms with Crippen LogP contribution in [0.3, 0.4) is 0 Å². The first-order valence-corrected chi connectivity index (χ1v) is 15.4. The van der Waals surface area contributed by atoms with Crippen molar-refractivity contribution < 1.29 is 32.0 Å². The molecule has 3 fully saturated rings. The van der Waals surface area contributed by atoms with Crippen molar-refractivity contribution in [2.75, 3.05) is 6.54 Å². The molecule has 0 spiro atoms. The SMILES string of the molecule is C=CC1C[C@]1(NC(=O)[C@@H]1C[C@@H](Oc2nccc(-c3ccco3)n2)CN1C(=O)[C@@H](N)C(C)(C)C)C(=O)NS(=O)(=O)C1CC1. The van der Waals surface area contributed by atoms with Crippen LogP contribution in [0.5, 0.6) is 6.01 Å². The maximum absolute atomic E-state index is 13.8. The Bertz CT molecular complexity index is 1480. The van der Waals surface area contributed by atoms with Gasteiger partial charge >= 0.3 is 6.01 Å². The van der Waals surface area contributed by atoms with Gasteiger partial charge in [-0.1, -0.05) is 26.8 Å². The molecule has 3 amide bonds. The molecule has 1 aliphatic heterocycles. The molecule has 0 radical (unpaired) electrons. The van der Waals surface area contributed by atoms with E-state index in [2.05, 4.69) is 26.6 Å². The molecule has 13 nitrogen and oxygen atoms in total. The van der Waals surface area contributed by atoms with E-state index in [1.54, 1.807) is 18.2 Å². The number of furan rings is 1. The molecular weight excluding hydrogens is 564 g/mol. The zero-order valence-electron chi connectivity index (χ0n) is 23.8. The van der Waals surface area contributed by atoms with Gasteiger partial charge in [0.2, 0.25) is 21.8 Å². The van der Waals surface area contributed by atoms with Gasteiger partial charge in [0.25, 0.3) is 5.91 Å². The molecule has 1 saturated heterocycles. The molecule has 0 bridgehead atoms. The summed E-state index contributed by atoms with van der Waals surface area (Å²) in [4.78, 5) is 50.4. The van der Waals surface area contributed by atoms with Crippen molar-refractivity contribution in [3.8, 4) is 17.5 Å². The van der Waals surface area contributed by atoms with Gasteiger partial charge in [-0.3, -0.25) is 19.1 Å². The highest BCUT2D eigenvalue weighted by Crippen LogP contribution is 2.45. The molecule has 3 aliphatic rings. The van der Waals surface area contributed by atoms with Crippen molar-refractivity contribution in [2.45, 2.75) is 75.4 Å². The quantitative estimate of drug-likeness (QED) is 0.334. The third-order valence-electron chi connectivity index (χ3n) is 7.98. The largest absolute Gasteiger partial charge is 0.463 e. The predicted octanol–water partition coefficient (Wildman–Crippen LogP) is 1.13. The Labute approximate surface area is 244 Å². The second-order valence-electron chi connectivity index (χ2n) is 12.2. The lowest BCUT2D eigenvalue weighted by atomic mass is 9.86. The van der Waals surface area contributed by atoms with Gasteiger partial charge in [-0.2, -0.15) is 4.98 Å². The average Bonchev–Trinajstić information content (AvgIpc) is 3.80. The van der Waals surface area contributed by atoms with Crippen LogP contribution < -0.4 is 20.5 Å². The molecule has 0 aromatic carbocycles. The van der Waals surface area contributed by atoms with Crippen LogP contribution in [0.1, 0.15) is 46.5 Å². The molecule has 5 rings (SSSR count).